The molecular formula is C24H20F3N3O2. The molecule has 164 valence electrons. The molecule has 0 atom stereocenters. The Hall–Kier alpha value is -3.39. The summed E-state index contributed by atoms with van der Waals surface area (Å²) in [5, 5.41) is 0. The van der Waals surface area contributed by atoms with Gasteiger partial charge in [-0.1, -0.05) is 18.2 Å². The van der Waals surface area contributed by atoms with E-state index in [-0.39, 0.29) is 16.8 Å². The molecular weight excluding hydrogens is 419 g/mol. The summed E-state index contributed by atoms with van der Waals surface area (Å²) in [6.45, 7) is 2.95. The molecule has 2 aliphatic rings. The zero-order valence-electron chi connectivity index (χ0n) is 17.1. The van der Waals surface area contributed by atoms with Crippen LogP contribution in [0.5, 0.6) is 0 Å². The number of nitrogens with two attached hydrogens (primary N) is 1. The Labute approximate surface area is 182 Å². The van der Waals surface area contributed by atoms with Crippen molar-refractivity contribution in [3.05, 3.63) is 70.8 Å². The number of anilines is 1. The fourth-order valence-corrected chi connectivity index (χ4v) is 4.36. The lowest BCUT2D eigenvalue weighted by atomic mass is 10.0. The summed E-state index contributed by atoms with van der Waals surface area (Å²) in [4.78, 5) is 19.1. The smallest absolute Gasteiger partial charge is 0.378 e. The second-order valence-electron chi connectivity index (χ2n) is 7.94. The monoisotopic (exact) mass is 439 g/mol. The highest BCUT2D eigenvalue weighted by molar-refractivity contribution is 5.98. The van der Waals surface area contributed by atoms with E-state index in [1.807, 2.05) is 12.1 Å². The van der Waals surface area contributed by atoms with E-state index in [1.54, 1.807) is 6.07 Å². The maximum absolute atomic E-state index is 13.2. The van der Waals surface area contributed by atoms with Crippen molar-refractivity contribution in [1.82, 2.24) is 4.98 Å². The van der Waals surface area contributed by atoms with Crippen molar-refractivity contribution < 1.29 is 22.7 Å². The highest BCUT2D eigenvalue weighted by atomic mass is 19.4. The third-order valence-corrected chi connectivity index (χ3v) is 5.96. The molecule has 2 N–H and O–H groups in total. The van der Waals surface area contributed by atoms with E-state index in [1.165, 1.54) is 12.1 Å². The number of amides is 1. The molecule has 0 saturated carbocycles. The van der Waals surface area contributed by atoms with Crippen molar-refractivity contribution in [3.63, 3.8) is 0 Å². The van der Waals surface area contributed by atoms with Crippen LogP contribution in [0.15, 0.2) is 48.5 Å². The number of nitrogens with zero attached hydrogens (tertiary/aromatic N) is 2. The van der Waals surface area contributed by atoms with Gasteiger partial charge in [0.2, 0.25) is 5.91 Å². The van der Waals surface area contributed by atoms with Crippen LogP contribution in [0.4, 0.5) is 18.9 Å². The summed E-state index contributed by atoms with van der Waals surface area (Å²) in [7, 11) is 0. The summed E-state index contributed by atoms with van der Waals surface area (Å²) in [5.74, 6) is -0.627. The van der Waals surface area contributed by atoms with Crippen LogP contribution in [0, 0.1) is 0 Å². The van der Waals surface area contributed by atoms with E-state index >= 15 is 0 Å². The normalized spacial score (nSPS) is 15.4. The first-order valence-electron chi connectivity index (χ1n) is 10.3. The third-order valence-electron chi connectivity index (χ3n) is 5.96. The van der Waals surface area contributed by atoms with Crippen LogP contribution >= 0.6 is 0 Å². The average Bonchev–Trinajstić information content (AvgIpc) is 3.16. The molecule has 1 amide bonds. The summed E-state index contributed by atoms with van der Waals surface area (Å²) < 4.78 is 45.0. The molecule has 1 fully saturated rings. The highest BCUT2D eigenvalue weighted by Crippen LogP contribution is 2.41. The maximum Gasteiger partial charge on any atom is 0.416 e. The molecule has 8 heteroatoms. The number of halogens is 3. The van der Waals surface area contributed by atoms with E-state index in [0.717, 1.165) is 42.0 Å². The number of pyridine rings is 1. The molecule has 1 aliphatic carbocycles. The number of ether oxygens (including phenoxy) is 1. The van der Waals surface area contributed by atoms with Gasteiger partial charge in [-0.25, -0.2) is 4.98 Å². The van der Waals surface area contributed by atoms with Gasteiger partial charge in [-0.05, 0) is 41.5 Å². The second kappa shape index (κ2) is 7.63. The lowest BCUT2D eigenvalue weighted by Gasteiger charge is -2.29. The van der Waals surface area contributed by atoms with Crippen molar-refractivity contribution in [2.45, 2.75) is 12.6 Å². The summed E-state index contributed by atoms with van der Waals surface area (Å²) in [5.41, 5.74) is 9.98. The first-order valence-corrected chi connectivity index (χ1v) is 10.3. The molecule has 5 nitrogen and oxygen atoms in total. The van der Waals surface area contributed by atoms with E-state index in [2.05, 4.69) is 16.0 Å². The SMILES string of the molecule is NC(=O)c1cc(-c2cccc(C(F)(F)F)c2)nc2c1Cc1cc(N3CCOCC3)ccc1-2. The molecule has 2 aromatic carbocycles. The van der Waals surface area contributed by atoms with Crippen molar-refractivity contribution in [2.24, 2.45) is 5.73 Å². The van der Waals surface area contributed by atoms with Gasteiger partial charge in [0, 0.05) is 41.9 Å². The van der Waals surface area contributed by atoms with Crippen LogP contribution in [-0.4, -0.2) is 37.2 Å². The Bertz CT molecular complexity index is 1220. The lowest BCUT2D eigenvalue weighted by molar-refractivity contribution is -0.137. The predicted molar refractivity (Wildman–Crippen MR) is 114 cm³/mol. The summed E-state index contributed by atoms with van der Waals surface area (Å²) in [6.07, 6.45) is -3.97. The number of hydrogen-bond acceptors (Lipinski definition) is 4. The van der Waals surface area contributed by atoms with Crippen molar-refractivity contribution in [1.29, 1.82) is 0 Å². The van der Waals surface area contributed by atoms with Crippen molar-refractivity contribution >= 4 is 11.6 Å². The van der Waals surface area contributed by atoms with Crippen LogP contribution in [0.2, 0.25) is 0 Å². The van der Waals surface area contributed by atoms with E-state index in [9.17, 15) is 18.0 Å². The molecule has 0 spiro atoms. The minimum Gasteiger partial charge on any atom is -0.378 e. The third kappa shape index (κ3) is 3.60. The number of carbonyl (C=O) groups excluding carboxylic acids is 1. The fourth-order valence-electron chi connectivity index (χ4n) is 4.36. The number of primary amides is 1. The molecule has 1 saturated heterocycles. The lowest BCUT2D eigenvalue weighted by Crippen LogP contribution is -2.36. The van der Waals surface area contributed by atoms with Crippen molar-refractivity contribution in [2.75, 3.05) is 31.2 Å². The minimum atomic E-state index is -4.47. The Balaban J connectivity index is 1.60. The van der Waals surface area contributed by atoms with Crippen LogP contribution in [0.3, 0.4) is 0 Å². The predicted octanol–water partition coefficient (Wildman–Crippen LogP) is 4.27. The number of rotatable bonds is 3. The topological polar surface area (TPSA) is 68.5 Å². The van der Waals surface area contributed by atoms with E-state index in [0.29, 0.717) is 30.9 Å². The molecule has 3 aromatic rings. The number of benzene rings is 2. The molecule has 0 unspecified atom stereocenters. The fraction of sp³-hybridized carbons (Fsp3) is 0.250. The number of fused-ring (bicyclic) bond motifs is 3. The number of morpholine rings is 1. The van der Waals surface area contributed by atoms with Gasteiger partial charge < -0.3 is 15.4 Å². The Morgan fingerprint density at radius 3 is 2.56 bits per heavy atom. The number of carbonyl (C=O) groups is 1. The second-order valence-corrected chi connectivity index (χ2v) is 7.94. The minimum absolute atomic E-state index is 0.281. The highest BCUT2D eigenvalue weighted by Gasteiger charge is 2.31. The quantitative estimate of drug-likeness (QED) is 0.518. The molecule has 0 radical (unpaired) electrons. The maximum atomic E-state index is 13.2. The largest absolute Gasteiger partial charge is 0.416 e. The van der Waals surface area contributed by atoms with Crippen LogP contribution in [0.25, 0.3) is 22.5 Å². The van der Waals surface area contributed by atoms with E-state index in [4.69, 9.17) is 10.5 Å². The first-order chi connectivity index (χ1) is 15.3. The molecule has 5 rings (SSSR count). The zero-order chi connectivity index (χ0) is 22.5. The molecule has 1 aliphatic heterocycles. The van der Waals surface area contributed by atoms with Gasteiger partial charge in [-0.3, -0.25) is 4.79 Å². The molecule has 1 aromatic heterocycles. The average molecular weight is 439 g/mol. The van der Waals surface area contributed by atoms with E-state index < -0.39 is 17.6 Å². The van der Waals surface area contributed by atoms with Gasteiger partial charge in [0.05, 0.1) is 30.2 Å². The standard InChI is InChI=1S/C24H20F3N3O2/c25-24(26,27)16-3-1-2-14(10-16)21-13-20(23(28)31)19-12-15-11-17(30-6-8-32-9-7-30)4-5-18(15)22(19)29-21/h1-5,10-11,13H,6-9,12H2,(H2,28,31). The van der Waals surface area contributed by atoms with Gasteiger partial charge in [0.1, 0.15) is 0 Å². The molecule has 2 heterocycles. The van der Waals surface area contributed by atoms with Gasteiger partial charge in [0.15, 0.2) is 0 Å². The zero-order valence-corrected chi connectivity index (χ0v) is 17.1. The Kier molecular flexibility index (Phi) is 4.89. The van der Waals surface area contributed by atoms with Crippen LogP contribution < -0.4 is 10.6 Å². The Morgan fingerprint density at radius 2 is 1.84 bits per heavy atom. The van der Waals surface area contributed by atoms with Gasteiger partial charge >= 0.3 is 6.18 Å². The Morgan fingerprint density at radius 1 is 1.06 bits per heavy atom. The number of alkyl halides is 3. The summed E-state index contributed by atoms with van der Waals surface area (Å²) in [6, 6.07) is 12.5. The molecule has 0 bridgehead atoms. The molecule has 32 heavy (non-hydrogen) atoms. The number of hydrogen-bond donors (Lipinski definition) is 1. The van der Waals surface area contributed by atoms with Crippen LogP contribution in [0.1, 0.15) is 27.0 Å². The van der Waals surface area contributed by atoms with Crippen molar-refractivity contribution in [3.8, 4) is 22.5 Å². The first kappa shape index (κ1) is 20.5. The van der Waals surface area contributed by atoms with Gasteiger partial charge in [-0.15, -0.1) is 0 Å². The summed E-state index contributed by atoms with van der Waals surface area (Å²) >= 11 is 0. The van der Waals surface area contributed by atoms with Crippen LogP contribution in [-0.2, 0) is 17.3 Å². The number of aromatic nitrogens is 1. The van der Waals surface area contributed by atoms with Gasteiger partial charge in [-0.2, -0.15) is 13.2 Å². The van der Waals surface area contributed by atoms with Gasteiger partial charge in [0.25, 0.3) is 0 Å².